The molecule has 14 nitrogen and oxygen atoms in total. The average Bonchev–Trinajstić information content (AvgIpc) is 3.99. The number of benzene rings is 2. The second-order valence-electron chi connectivity index (χ2n) is 16.4. The molecular weight excluding hydrogens is 829 g/mol. The maximum atomic E-state index is 15.4. The largest absolute Gasteiger partial charge is 0.490 e. The Morgan fingerprint density at radius 1 is 1.08 bits per heavy atom. The van der Waals surface area contributed by atoms with E-state index in [0.29, 0.717) is 37.1 Å². The Labute approximate surface area is 362 Å². The lowest BCUT2D eigenvalue weighted by Gasteiger charge is -2.42. The zero-order valence-corrected chi connectivity index (χ0v) is 36.6. The Kier molecular flexibility index (Phi) is 14.7. The number of carbonyl (C=O) groups excluding carboxylic acids is 4. The highest BCUT2D eigenvalue weighted by molar-refractivity contribution is 7.14. The summed E-state index contributed by atoms with van der Waals surface area (Å²) in [6.45, 7) is 11.1. The monoisotopic (exact) mass is 881 g/mol. The number of likely N-dealkylation sites (tertiary alicyclic amines) is 1. The van der Waals surface area contributed by atoms with Crippen molar-refractivity contribution in [1.29, 1.82) is 0 Å². The standard InChI is InChI=1S/C43H53F2N7O7S2/c1-25(27-7-9-28(10-8-27)38-26(2)47-24-61-38)48-40(56)33-21-29(53)22-52(33)41(57)39(43(3,4)5)51(35(55)14-13-34(46)54)15-6-18-59-37-30(11-12-31(44)36(37)45)32-23-60-42(49-32)50-16-19-58-20-17-50/h7-12,23-25,29,33,39,53H,6,13-22H2,1-5H3,(H2,46,54)(H,48,56)/t25-,29+,33-,39+/m0/s1. The fourth-order valence-corrected chi connectivity index (χ4v) is 9.36. The molecule has 0 unspecified atom stereocenters. The van der Waals surface area contributed by atoms with Crippen molar-refractivity contribution in [1.82, 2.24) is 25.1 Å². The van der Waals surface area contributed by atoms with Crippen LogP contribution >= 0.6 is 22.7 Å². The van der Waals surface area contributed by atoms with E-state index in [0.717, 1.165) is 27.8 Å². The number of morpholine rings is 1. The molecule has 0 spiro atoms. The van der Waals surface area contributed by atoms with E-state index < -0.39 is 64.9 Å². The van der Waals surface area contributed by atoms with E-state index in [4.69, 9.17) is 15.2 Å². The van der Waals surface area contributed by atoms with Gasteiger partial charge in [0.05, 0.1) is 53.7 Å². The zero-order chi connectivity index (χ0) is 44.0. The fourth-order valence-electron chi connectivity index (χ4n) is 7.67. The minimum Gasteiger partial charge on any atom is -0.490 e. The summed E-state index contributed by atoms with van der Waals surface area (Å²) in [6, 6.07) is 7.55. The third-order valence-corrected chi connectivity index (χ3v) is 12.7. The molecule has 4 amide bonds. The lowest BCUT2D eigenvalue weighted by atomic mass is 9.84. The van der Waals surface area contributed by atoms with Crippen LogP contribution in [0.1, 0.15) is 70.7 Å². The van der Waals surface area contributed by atoms with Crippen molar-refractivity contribution in [2.75, 3.05) is 50.9 Å². The highest BCUT2D eigenvalue weighted by Crippen LogP contribution is 2.37. The molecule has 2 aliphatic heterocycles. The molecule has 328 valence electrons. The normalized spacial score (nSPS) is 17.8. The summed E-state index contributed by atoms with van der Waals surface area (Å²) in [6.07, 6.45) is -1.51. The van der Waals surface area contributed by atoms with Gasteiger partial charge < -0.3 is 40.3 Å². The second kappa shape index (κ2) is 19.8. The molecule has 0 aliphatic carbocycles. The van der Waals surface area contributed by atoms with Crippen LogP contribution in [0.15, 0.2) is 47.3 Å². The van der Waals surface area contributed by atoms with Crippen molar-refractivity contribution < 1.29 is 42.5 Å². The van der Waals surface area contributed by atoms with Gasteiger partial charge in [-0.25, -0.2) is 14.4 Å². The lowest BCUT2D eigenvalue weighted by Crippen LogP contribution is -2.59. The average molecular weight is 882 g/mol. The molecule has 18 heteroatoms. The predicted molar refractivity (Wildman–Crippen MR) is 229 cm³/mol. The molecule has 2 aromatic heterocycles. The summed E-state index contributed by atoms with van der Waals surface area (Å²) in [5, 5.41) is 16.3. The van der Waals surface area contributed by atoms with Gasteiger partial charge in [0, 0.05) is 56.4 Å². The number of anilines is 1. The molecule has 4 atom stereocenters. The highest BCUT2D eigenvalue weighted by Gasteiger charge is 2.47. The van der Waals surface area contributed by atoms with Gasteiger partial charge in [0.15, 0.2) is 16.7 Å². The Bertz CT molecular complexity index is 2190. The van der Waals surface area contributed by atoms with Crippen LogP contribution in [0.2, 0.25) is 0 Å². The number of carbonyl (C=O) groups is 4. The SMILES string of the molecule is Cc1ncsc1-c1ccc([C@H](C)NC(=O)[C@@H]2C[C@@H](O)CN2C(=O)[C@@H](N(CCCOc2c(-c3csc(N4CCOCC4)n3)ccc(F)c2F)C(=O)CCC(N)=O)C(C)(C)C)cc1. The number of thiazole rings is 2. The van der Waals surface area contributed by atoms with Crippen molar-refractivity contribution in [2.45, 2.75) is 84.5 Å². The molecule has 4 aromatic rings. The molecule has 4 heterocycles. The smallest absolute Gasteiger partial charge is 0.246 e. The van der Waals surface area contributed by atoms with Crippen molar-refractivity contribution in [3.63, 3.8) is 0 Å². The number of primary amides is 1. The Hall–Kier alpha value is -5.04. The number of amides is 4. The number of hydrogen-bond donors (Lipinski definition) is 3. The van der Waals surface area contributed by atoms with E-state index in [1.807, 2.05) is 38.1 Å². The van der Waals surface area contributed by atoms with E-state index >= 15 is 4.39 Å². The van der Waals surface area contributed by atoms with E-state index in [9.17, 15) is 28.7 Å². The van der Waals surface area contributed by atoms with Crippen LogP contribution in [-0.2, 0) is 23.9 Å². The van der Waals surface area contributed by atoms with Crippen LogP contribution in [0.5, 0.6) is 5.75 Å². The van der Waals surface area contributed by atoms with Crippen LogP contribution in [-0.4, -0.2) is 113 Å². The van der Waals surface area contributed by atoms with Crippen LogP contribution in [0.3, 0.4) is 0 Å². The minimum atomic E-state index is -1.19. The molecule has 2 aliphatic rings. The first-order valence-corrected chi connectivity index (χ1v) is 22.1. The Balaban J connectivity index is 1.18. The molecule has 2 fully saturated rings. The Morgan fingerprint density at radius 2 is 1.80 bits per heavy atom. The summed E-state index contributed by atoms with van der Waals surface area (Å²) in [5.41, 5.74) is 9.72. The quantitative estimate of drug-likeness (QED) is 0.122. The van der Waals surface area contributed by atoms with Gasteiger partial charge in [-0.3, -0.25) is 19.2 Å². The first-order chi connectivity index (χ1) is 29.0. The number of ether oxygens (including phenoxy) is 2. The molecule has 2 saturated heterocycles. The number of aryl methyl sites for hydroxylation is 1. The number of nitrogens with two attached hydrogens (primary N) is 1. The van der Waals surface area contributed by atoms with Crippen molar-refractivity contribution >= 4 is 51.4 Å². The van der Waals surface area contributed by atoms with Gasteiger partial charge in [-0.05, 0) is 48.9 Å². The molecule has 2 aromatic carbocycles. The maximum Gasteiger partial charge on any atom is 0.246 e. The summed E-state index contributed by atoms with van der Waals surface area (Å²) >= 11 is 2.91. The van der Waals surface area contributed by atoms with Gasteiger partial charge in [0.25, 0.3) is 0 Å². The zero-order valence-electron chi connectivity index (χ0n) is 35.0. The highest BCUT2D eigenvalue weighted by atomic mass is 32.1. The molecule has 0 saturated carbocycles. The van der Waals surface area contributed by atoms with Gasteiger partial charge in [0.1, 0.15) is 12.1 Å². The van der Waals surface area contributed by atoms with Gasteiger partial charge >= 0.3 is 0 Å². The van der Waals surface area contributed by atoms with Crippen molar-refractivity contribution in [3.8, 4) is 27.4 Å². The number of β-amino-alcohol motifs (C(OH)–C–C–N with tert-alkyl or cyclic N) is 1. The third-order valence-electron chi connectivity index (χ3n) is 10.8. The molecule has 4 N–H and O–H groups in total. The molecular formula is C43H53F2N7O7S2. The van der Waals surface area contributed by atoms with Gasteiger partial charge in [-0.2, -0.15) is 4.39 Å². The maximum absolute atomic E-state index is 15.4. The molecule has 0 bridgehead atoms. The van der Waals surface area contributed by atoms with E-state index in [1.165, 1.54) is 27.2 Å². The number of hydrogen-bond acceptors (Lipinski definition) is 12. The predicted octanol–water partition coefficient (Wildman–Crippen LogP) is 5.47. The number of aromatic nitrogens is 2. The van der Waals surface area contributed by atoms with Gasteiger partial charge in [0.2, 0.25) is 29.4 Å². The van der Waals surface area contributed by atoms with Crippen LogP contribution < -0.4 is 20.7 Å². The van der Waals surface area contributed by atoms with Crippen LogP contribution in [0.25, 0.3) is 21.7 Å². The number of halogens is 2. The van der Waals surface area contributed by atoms with E-state index in [1.54, 1.807) is 43.0 Å². The molecule has 6 rings (SSSR count). The van der Waals surface area contributed by atoms with Gasteiger partial charge in [-0.1, -0.05) is 45.0 Å². The van der Waals surface area contributed by atoms with Crippen molar-refractivity contribution in [2.24, 2.45) is 11.1 Å². The van der Waals surface area contributed by atoms with E-state index in [-0.39, 0.29) is 56.7 Å². The lowest BCUT2D eigenvalue weighted by molar-refractivity contribution is -0.153. The van der Waals surface area contributed by atoms with Crippen LogP contribution in [0.4, 0.5) is 13.9 Å². The number of aliphatic hydroxyl groups is 1. The van der Waals surface area contributed by atoms with Crippen molar-refractivity contribution in [3.05, 3.63) is 70.2 Å². The summed E-state index contributed by atoms with van der Waals surface area (Å²) in [4.78, 5) is 69.1. The summed E-state index contributed by atoms with van der Waals surface area (Å²) in [7, 11) is 0. The number of rotatable bonds is 16. The fraction of sp³-hybridized carbons (Fsp3) is 0.488. The first kappa shape index (κ1) is 45.5. The van der Waals surface area contributed by atoms with E-state index in [2.05, 4.69) is 20.2 Å². The minimum absolute atomic E-state index is 0.0112. The number of aliphatic hydroxyl groups excluding tert-OH is 1. The summed E-state index contributed by atoms with van der Waals surface area (Å²) in [5.74, 6) is -4.91. The number of nitrogens with one attached hydrogen (secondary N) is 1. The molecule has 61 heavy (non-hydrogen) atoms. The second-order valence-corrected chi connectivity index (χ2v) is 18.1. The topological polar surface area (TPSA) is 181 Å². The molecule has 0 radical (unpaired) electrons. The first-order valence-electron chi connectivity index (χ1n) is 20.3. The van der Waals surface area contributed by atoms with Crippen LogP contribution in [0, 0.1) is 24.0 Å². The Morgan fingerprint density at radius 3 is 2.46 bits per heavy atom. The number of nitrogens with zero attached hydrogens (tertiary/aromatic N) is 5. The third kappa shape index (κ3) is 10.9. The summed E-state index contributed by atoms with van der Waals surface area (Å²) < 4.78 is 41.3. The van der Waals surface area contributed by atoms with Gasteiger partial charge in [-0.15, -0.1) is 22.7 Å².